The molecule has 2 nitrogen and oxygen atoms in total. The van der Waals surface area contributed by atoms with E-state index in [-0.39, 0.29) is 0 Å². The summed E-state index contributed by atoms with van der Waals surface area (Å²) < 4.78 is 3.08. The monoisotopic (exact) mass is 236 g/mol. The second-order valence-electron chi connectivity index (χ2n) is 3.20. The fraction of sp³-hybridized carbons (Fsp3) is 0.385. The van der Waals surface area contributed by atoms with Crippen LogP contribution in [0.1, 0.15) is 19.4 Å². The first-order valence-electron chi connectivity index (χ1n) is 5.75. The van der Waals surface area contributed by atoms with Crippen LogP contribution in [0.15, 0.2) is 30.5 Å². The zero-order valence-electron chi connectivity index (χ0n) is 10.2. The van der Waals surface area contributed by atoms with E-state index in [9.17, 15) is 0 Å². The largest absolute Gasteiger partial charge is 0.361 e. The van der Waals surface area contributed by atoms with Crippen molar-refractivity contribution in [3.8, 4) is 0 Å². The molecule has 0 bridgehead atoms. The maximum absolute atomic E-state index is 3.20. The number of benzene rings is 1. The van der Waals surface area contributed by atoms with Crippen LogP contribution in [0.5, 0.6) is 0 Å². The van der Waals surface area contributed by atoms with Crippen LogP contribution < -0.4 is 4.72 Å². The first-order valence-corrected chi connectivity index (χ1v) is 6.73. The highest BCUT2D eigenvalue weighted by molar-refractivity contribution is 7.97. The van der Waals surface area contributed by atoms with Crippen molar-refractivity contribution in [2.45, 2.75) is 20.3 Å². The molecule has 0 saturated heterocycles. The van der Waals surface area contributed by atoms with Gasteiger partial charge in [-0.05, 0) is 42.6 Å². The van der Waals surface area contributed by atoms with Crippen molar-refractivity contribution in [3.63, 3.8) is 0 Å². The Balaban J connectivity index is 0.000000606. The van der Waals surface area contributed by atoms with Gasteiger partial charge in [-0.1, -0.05) is 31.9 Å². The van der Waals surface area contributed by atoms with Gasteiger partial charge in [0.15, 0.2) is 0 Å². The van der Waals surface area contributed by atoms with Crippen LogP contribution in [-0.4, -0.2) is 17.8 Å². The maximum Gasteiger partial charge on any atom is 0.0454 e. The molecule has 0 aliphatic rings. The molecule has 0 spiro atoms. The van der Waals surface area contributed by atoms with E-state index < -0.39 is 0 Å². The number of hydrogen-bond donors (Lipinski definition) is 2. The Morgan fingerprint density at radius 3 is 2.81 bits per heavy atom. The molecule has 16 heavy (non-hydrogen) atoms. The molecule has 3 heteroatoms. The van der Waals surface area contributed by atoms with Crippen molar-refractivity contribution in [3.05, 3.63) is 36.0 Å². The SMILES string of the molecule is CC.CNSCCc1ccc2[nH]ccc2c1. The predicted molar refractivity (Wildman–Crippen MR) is 74.9 cm³/mol. The molecule has 0 saturated carbocycles. The molecule has 88 valence electrons. The van der Waals surface area contributed by atoms with Gasteiger partial charge in [0.25, 0.3) is 0 Å². The first-order chi connectivity index (χ1) is 7.90. The summed E-state index contributed by atoms with van der Waals surface area (Å²) >= 11 is 1.75. The molecule has 2 rings (SSSR count). The van der Waals surface area contributed by atoms with E-state index in [2.05, 4.69) is 34.0 Å². The lowest BCUT2D eigenvalue weighted by atomic mass is 10.1. The van der Waals surface area contributed by atoms with Gasteiger partial charge in [-0.3, -0.25) is 4.72 Å². The highest BCUT2D eigenvalue weighted by Crippen LogP contribution is 2.15. The fourth-order valence-corrected chi connectivity index (χ4v) is 2.07. The molecule has 0 fully saturated rings. The molecule has 1 aromatic heterocycles. The minimum atomic E-state index is 1.12. The lowest BCUT2D eigenvalue weighted by Crippen LogP contribution is -1.96. The van der Waals surface area contributed by atoms with E-state index in [4.69, 9.17) is 0 Å². The van der Waals surface area contributed by atoms with Crippen LogP contribution in [0.25, 0.3) is 10.9 Å². The van der Waals surface area contributed by atoms with Gasteiger partial charge in [0.05, 0.1) is 0 Å². The van der Waals surface area contributed by atoms with Crippen LogP contribution in [0.3, 0.4) is 0 Å². The lowest BCUT2D eigenvalue weighted by molar-refractivity contribution is 1.15. The summed E-state index contributed by atoms with van der Waals surface area (Å²) in [4.78, 5) is 3.20. The van der Waals surface area contributed by atoms with Crippen LogP contribution in [0, 0.1) is 0 Å². The van der Waals surface area contributed by atoms with Gasteiger partial charge in [0.1, 0.15) is 0 Å². The van der Waals surface area contributed by atoms with Gasteiger partial charge < -0.3 is 4.98 Å². The van der Waals surface area contributed by atoms with Crippen LogP contribution >= 0.6 is 11.9 Å². The van der Waals surface area contributed by atoms with E-state index in [0.717, 1.165) is 12.2 Å². The van der Waals surface area contributed by atoms with Gasteiger partial charge in [0, 0.05) is 17.5 Å². The Hall–Kier alpha value is -0.930. The number of nitrogens with one attached hydrogen (secondary N) is 2. The normalized spacial score (nSPS) is 9.94. The summed E-state index contributed by atoms with van der Waals surface area (Å²) in [6.45, 7) is 4.00. The smallest absolute Gasteiger partial charge is 0.0454 e. The third-order valence-electron chi connectivity index (χ3n) is 2.25. The third-order valence-corrected chi connectivity index (χ3v) is 2.95. The van der Waals surface area contributed by atoms with Gasteiger partial charge in [0.2, 0.25) is 0 Å². The summed E-state index contributed by atoms with van der Waals surface area (Å²) in [5, 5.41) is 1.30. The molecule has 2 aromatic rings. The van der Waals surface area contributed by atoms with Gasteiger partial charge >= 0.3 is 0 Å². The molecular formula is C13H20N2S. The van der Waals surface area contributed by atoms with E-state index in [0.29, 0.717) is 0 Å². The summed E-state index contributed by atoms with van der Waals surface area (Å²) in [6, 6.07) is 8.70. The van der Waals surface area contributed by atoms with Crippen molar-refractivity contribution < 1.29 is 0 Å². The van der Waals surface area contributed by atoms with E-state index in [1.54, 1.807) is 11.9 Å². The standard InChI is InChI=1S/C11H14N2S.C2H6/c1-12-14-7-5-9-2-3-11-10(8-9)4-6-13-11;1-2/h2-4,6,8,12-13H,5,7H2,1H3;1-2H3. The highest BCUT2D eigenvalue weighted by atomic mass is 32.2. The summed E-state index contributed by atoms with van der Waals surface area (Å²) in [5.74, 6) is 1.12. The van der Waals surface area contributed by atoms with E-state index in [1.807, 2.05) is 27.1 Å². The number of hydrogen-bond acceptors (Lipinski definition) is 2. The van der Waals surface area contributed by atoms with Crippen LogP contribution in [0.4, 0.5) is 0 Å². The lowest BCUT2D eigenvalue weighted by Gasteiger charge is -2.00. The van der Waals surface area contributed by atoms with Crippen LogP contribution in [0.2, 0.25) is 0 Å². The summed E-state index contributed by atoms with van der Waals surface area (Å²) in [5.41, 5.74) is 2.62. The first kappa shape index (κ1) is 13.1. The van der Waals surface area contributed by atoms with Crippen molar-refractivity contribution in [1.82, 2.24) is 9.71 Å². The van der Waals surface area contributed by atoms with Gasteiger partial charge in [-0.15, -0.1) is 0 Å². The maximum atomic E-state index is 3.20. The topological polar surface area (TPSA) is 27.8 Å². The molecule has 0 atom stereocenters. The zero-order chi connectivity index (χ0) is 11.8. The molecule has 0 amide bonds. The number of aromatic nitrogens is 1. The van der Waals surface area contributed by atoms with Crippen LogP contribution in [-0.2, 0) is 6.42 Å². The number of aromatic amines is 1. The zero-order valence-corrected chi connectivity index (χ0v) is 11.0. The molecular weight excluding hydrogens is 216 g/mol. The van der Waals surface area contributed by atoms with Crippen molar-refractivity contribution in [1.29, 1.82) is 0 Å². The molecule has 1 heterocycles. The molecule has 0 aliphatic carbocycles. The average molecular weight is 236 g/mol. The summed E-state index contributed by atoms with van der Waals surface area (Å²) in [6.07, 6.45) is 3.10. The summed E-state index contributed by atoms with van der Waals surface area (Å²) in [7, 11) is 1.96. The highest BCUT2D eigenvalue weighted by Gasteiger charge is 1.96. The van der Waals surface area contributed by atoms with Crippen molar-refractivity contribution >= 4 is 22.9 Å². The van der Waals surface area contributed by atoms with E-state index in [1.165, 1.54) is 16.5 Å². The minimum Gasteiger partial charge on any atom is -0.361 e. The second kappa shape index (κ2) is 7.36. The number of rotatable bonds is 4. The Labute approximate surface area is 102 Å². The van der Waals surface area contributed by atoms with Gasteiger partial charge in [-0.25, -0.2) is 0 Å². The molecule has 1 aromatic carbocycles. The molecule has 0 aliphatic heterocycles. The Morgan fingerprint density at radius 2 is 2.06 bits per heavy atom. The molecule has 0 unspecified atom stereocenters. The number of fused-ring (bicyclic) bond motifs is 1. The molecule has 2 N–H and O–H groups in total. The Kier molecular flexibility index (Phi) is 6.04. The van der Waals surface area contributed by atoms with Crippen molar-refractivity contribution in [2.24, 2.45) is 0 Å². The van der Waals surface area contributed by atoms with Crippen molar-refractivity contribution in [2.75, 3.05) is 12.8 Å². The Bertz CT molecular complexity index is 409. The fourth-order valence-electron chi connectivity index (χ4n) is 1.53. The average Bonchev–Trinajstić information content (AvgIpc) is 2.79. The van der Waals surface area contributed by atoms with Gasteiger partial charge in [-0.2, -0.15) is 0 Å². The second-order valence-corrected chi connectivity index (χ2v) is 4.31. The number of H-pyrrole nitrogens is 1. The number of aryl methyl sites for hydroxylation is 1. The third kappa shape index (κ3) is 3.58. The predicted octanol–water partition coefficient (Wildman–Crippen LogP) is 3.60. The minimum absolute atomic E-state index is 1.12. The molecule has 0 radical (unpaired) electrons. The van der Waals surface area contributed by atoms with E-state index >= 15 is 0 Å². The quantitative estimate of drug-likeness (QED) is 0.627. The Morgan fingerprint density at radius 1 is 1.25 bits per heavy atom.